The maximum Gasteiger partial charge on any atom is 0.286 e. The standard InChI is InChI=1S/C35H40N4O8S/c1-25-33(35(42)39(37(25)2)28-12-8-5-9-13-28)27-22-31(34(41)36-24-26-10-6-4-7-11-26)47-32(23-27)46-21-19-38(18-20-40)48(43,44)30-16-14-29(45-3)15-17-30/h4-17,22,27,32,40H,18-21,23-24H2,1-3H3,(H,36,41). The number of hydrogen-bond donors (Lipinski definition) is 2. The number of para-hydroxylation sites is 1. The second kappa shape index (κ2) is 15.5. The van der Waals surface area contributed by atoms with Crippen LogP contribution in [-0.4, -0.2) is 72.8 Å². The summed E-state index contributed by atoms with van der Waals surface area (Å²) in [6, 6.07) is 24.7. The summed E-state index contributed by atoms with van der Waals surface area (Å²) in [5.41, 5.74) is 2.58. The largest absolute Gasteiger partial charge is 0.497 e. The Bertz CT molecular complexity index is 1890. The first kappa shape index (κ1) is 34.6. The minimum Gasteiger partial charge on any atom is -0.497 e. The molecule has 0 bridgehead atoms. The number of hydrogen-bond acceptors (Lipinski definition) is 8. The van der Waals surface area contributed by atoms with Crippen molar-refractivity contribution in [2.75, 3.05) is 33.4 Å². The van der Waals surface area contributed by atoms with Gasteiger partial charge in [0.05, 0.1) is 30.9 Å². The van der Waals surface area contributed by atoms with Crippen LogP contribution < -0.4 is 15.6 Å². The first-order chi connectivity index (χ1) is 23.1. The van der Waals surface area contributed by atoms with Crippen molar-refractivity contribution in [1.29, 1.82) is 0 Å². The van der Waals surface area contributed by atoms with Crippen LogP contribution in [0.25, 0.3) is 5.69 Å². The Labute approximate surface area is 279 Å². The van der Waals surface area contributed by atoms with Crippen molar-refractivity contribution in [3.05, 3.63) is 124 Å². The van der Waals surface area contributed by atoms with Gasteiger partial charge in [0.2, 0.25) is 16.3 Å². The number of sulfonamides is 1. The molecule has 1 aliphatic rings. The molecule has 0 aliphatic carbocycles. The zero-order chi connectivity index (χ0) is 34.3. The Morgan fingerprint density at radius 2 is 1.69 bits per heavy atom. The number of aliphatic hydroxyl groups excluding tert-OH is 1. The maximum atomic E-state index is 13.9. The monoisotopic (exact) mass is 676 g/mol. The quantitative estimate of drug-likeness (QED) is 0.208. The normalized spacial score (nSPS) is 16.3. The van der Waals surface area contributed by atoms with Crippen LogP contribution in [0.3, 0.4) is 0 Å². The lowest BCUT2D eigenvalue weighted by molar-refractivity contribution is -0.146. The van der Waals surface area contributed by atoms with E-state index in [9.17, 15) is 23.1 Å². The highest BCUT2D eigenvalue weighted by Crippen LogP contribution is 2.32. The Hall–Kier alpha value is -4.69. The van der Waals surface area contributed by atoms with Crippen LogP contribution in [0.4, 0.5) is 0 Å². The molecular weight excluding hydrogens is 636 g/mol. The summed E-state index contributed by atoms with van der Waals surface area (Å²) in [4.78, 5) is 27.3. The minimum absolute atomic E-state index is 0.000774. The molecule has 2 N–H and O–H groups in total. The number of carbonyl (C=O) groups excluding carboxylic acids is 1. The topological polar surface area (TPSA) is 141 Å². The van der Waals surface area contributed by atoms with Gasteiger partial charge in [0.1, 0.15) is 5.75 Å². The molecule has 0 saturated carbocycles. The van der Waals surface area contributed by atoms with Gasteiger partial charge in [-0.2, -0.15) is 4.31 Å². The Balaban J connectivity index is 1.38. The molecule has 1 aliphatic heterocycles. The van der Waals surface area contributed by atoms with Gasteiger partial charge >= 0.3 is 0 Å². The average molecular weight is 677 g/mol. The van der Waals surface area contributed by atoms with Gasteiger partial charge in [0.15, 0.2) is 5.76 Å². The Kier molecular flexibility index (Phi) is 11.2. The van der Waals surface area contributed by atoms with Crippen molar-refractivity contribution in [2.45, 2.75) is 37.0 Å². The third kappa shape index (κ3) is 7.71. The van der Waals surface area contributed by atoms with Gasteiger partial charge in [-0.05, 0) is 55.0 Å². The fourth-order valence-electron chi connectivity index (χ4n) is 5.65. The first-order valence-corrected chi connectivity index (χ1v) is 17.0. The number of benzene rings is 3. The van der Waals surface area contributed by atoms with Crippen LogP contribution in [0.15, 0.2) is 106 Å². The summed E-state index contributed by atoms with van der Waals surface area (Å²) >= 11 is 0. The predicted molar refractivity (Wildman–Crippen MR) is 179 cm³/mol. The highest BCUT2D eigenvalue weighted by molar-refractivity contribution is 7.89. The van der Waals surface area contributed by atoms with Crippen molar-refractivity contribution < 1.29 is 32.5 Å². The highest BCUT2D eigenvalue weighted by atomic mass is 32.2. The number of aromatic nitrogens is 2. The van der Waals surface area contributed by atoms with Crippen LogP contribution in [0.1, 0.15) is 29.2 Å². The molecule has 3 aromatic carbocycles. The molecule has 1 aromatic heterocycles. The van der Waals surface area contributed by atoms with Crippen molar-refractivity contribution in [2.24, 2.45) is 7.05 Å². The van der Waals surface area contributed by atoms with Crippen molar-refractivity contribution >= 4 is 15.9 Å². The average Bonchev–Trinajstić information content (AvgIpc) is 3.33. The molecule has 2 unspecified atom stereocenters. The molecule has 0 radical (unpaired) electrons. The lowest BCUT2D eigenvalue weighted by Gasteiger charge is -2.29. The van der Waals surface area contributed by atoms with Gasteiger partial charge in [-0.3, -0.25) is 14.3 Å². The lowest BCUT2D eigenvalue weighted by atomic mass is 9.93. The van der Waals surface area contributed by atoms with Crippen LogP contribution in [-0.2, 0) is 37.9 Å². The molecule has 48 heavy (non-hydrogen) atoms. The van der Waals surface area contributed by atoms with Crippen molar-refractivity contribution in [3.63, 3.8) is 0 Å². The number of rotatable bonds is 14. The van der Waals surface area contributed by atoms with Gasteiger partial charge in [0, 0.05) is 50.3 Å². The van der Waals surface area contributed by atoms with E-state index in [1.165, 1.54) is 19.2 Å². The molecular formula is C35H40N4O8S. The lowest BCUT2D eigenvalue weighted by Crippen LogP contribution is -2.38. The Morgan fingerprint density at radius 3 is 2.33 bits per heavy atom. The zero-order valence-electron chi connectivity index (χ0n) is 27.1. The molecule has 1 amide bonds. The summed E-state index contributed by atoms with van der Waals surface area (Å²) in [5.74, 6) is -0.505. The smallest absolute Gasteiger partial charge is 0.286 e. The van der Waals surface area contributed by atoms with Crippen LogP contribution in [0.2, 0.25) is 0 Å². The van der Waals surface area contributed by atoms with Gasteiger partial charge in [0.25, 0.3) is 11.5 Å². The predicted octanol–water partition coefficient (Wildman–Crippen LogP) is 3.22. The van der Waals surface area contributed by atoms with Crippen molar-refractivity contribution in [3.8, 4) is 11.4 Å². The fourth-order valence-corrected chi connectivity index (χ4v) is 7.06. The second-order valence-electron chi connectivity index (χ2n) is 11.2. The van der Waals surface area contributed by atoms with E-state index in [1.807, 2.05) is 67.6 Å². The van der Waals surface area contributed by atoms with E-state index in [0.29, 0.717) is 17.0 Å². The van der Waals surface area contributed by atoms with Gasteiger partial charge in [-0.1, -0.05) is 48.5 Å². The number of carbonyl (C=O) groups is 1. The van der Waals surface area contributed by atoms with E-state index < -0.39 is 34.7 Å². The summed E-state index contributed by atoms with van der Waals surface area (Å²) in [5, 5.41) is 12.5. The van der Waals surface area contributed by atoms with E-state index in [2.05, 4.69) is 5.32 Å². The SMILES string of the molecule is COc1ccc(S(=O)(=O)N(CCO)CCOC2CC(c3c(C)n(C)n(-c4ccccc4)c3=O)C=C(C(=O)NCc3ccccc3)O2)cc1. The summed E-state index contributed by atoms with van der Waals surface area (Å²) in [6.07, 6.45) is 0.877. The second-order valence-corrected chi connectivity index (χ2v) is 13.2. The molecule has 254 valence electrons. The molecule has 5 rings (SSSR count). The van der Waals surface area contributed by atoms with Gasteiger partial charge in [-0.15, -0.1) is 0 Å². The minimum atomic E-state index is -3.97. The third-order valence-electron chi connectivity index (χ3n) is 8.24. The number of allylic oxidation sites excluding steroid dienone is 1. The molecule has 4 aromatic rings. The molecule has 0 fully saturated rings. The fraction of sp³-hybridized carbons (Fsp3) is 0.314. The molecule has 0 spiro atoms. The molecule has 12 nitrogen and oxygen atoms in total. The van der Waals surface area contributed by atoms with E-state index in [4.69, 9.17) is 14.2 Å². The third-order valence-corrected chi connectivity index (χ3v) is 10.2. The molecule has 2 atom stereocenters. The number of nitrogens with one attached hydrogen (secondary N) is 1. The van der Waals surface area contributed by atoms with Gasteiger partial charge < -0.3 is 24.6 Å². The number of amides is 1. The van der Waals surface area contributed by atoms with Crippen LogP contribution >= 0.6 is 0 Å². The Morgan fingerprint density at radius 1 is 1.02 bits per heavy atom. The summed E-state index contributed by atoms with van der Waals surface area (Å²) in [6.45, 7) is 1.37. The molecule has 0 saturated heterocycles. The number of ether oxygens (including phenoxy) is 3. The van der Waals surface area contributed by atoms with Gasteiger partial charge in [-0.25, -0.2) is 13.1 Å². The number of nitrogens with zero attached hydrogens (tertiary/aromatic N) is 3. The highest BCUT2D eigenvalue weighted by Gasteiger charge is 2.33. The first-order valence-electron chi connectivity index (χ1n) is 15.5. The summed E-state index contributed by atoms with van der Waals surface area (Å²) < 4.78 is 48.4. The number of methoxy groups -OCH3 is 1. The molecule has 2 heterocycles. The zero-order valence-corrected chi connectivity index (χ0v) is 27.9. The van der Waals surface area contributed by atoms with E-state index in [-0.39, 0.29) is 48.9 Å². The summed E-state index contributed by atoms with van der Waals surface area (Å²) in [7, 11) is -0.677. The van der Waals surface area contributed by atoms with E-state index >= 15 is 0 Å². The van der Waals surface area contributed by atoms with Crippen molar-refractivity contribution in [1.82, 2.24) is 19.0 Å². The number of aliphatic hydroxyl groups is 1. The van der Waals surface area contributed by atoms with E-state index in [1.54, 1.807) is 34.6 Å². The van der Waals surface area contributed by atoms with Crippen LogP contribution in [0, 0.1) is 6.92 Å². The van der Waals surface area contributed by atoms with E-state index in [0.717, 1.165) is 15.6 Å². The van der Waals surface area contributed by atoms with Crippen LogP contribution in [0.5, 0.6) is 5.75 Å². The molecule has 13 heteroatoms. The maximum absolute atomic E-state index is 13.9.